The second-order valence-electron chi connectivity index (χ2n) is 17.2. The van der Waals surface area contributed by atoms with Crippen molar-refractivity contribution in [2.24, 2.45) is 34.5 Å². The zero-order valence-electron chi connectivity index (χ0n) is 28.3. The molecule has 4 aliphatic carbocycles. The first-order valence-corrected chi connectivity index (χ1v) is 17.0. The van der Waals surface area contributed by atoms with E-state index in [2.05, 4.69) is 13.8 Å². The zero-order valence-corrected chi connectivity index (χ0v) is 28.3. The Balaban J connectivity index is 1.17. The molecule has 7 atom stereocenters. The van der Waals surface area contributed by atoms with Crippen LogP contribution in [0.2, 0.25) is 0 Å². The fraction of sp³-hybridized carbons (Fsp3) is 0.882. The molecule has 0 bridgehead atoms. The van der Waals surface area contributed by atoms with Gasteiger partial charge in [-0.05, 0) is 141 Å². The van der Waals surface area contributed by atoms with Gasteiger partial charge in [0, 0.05) is 17.9 Å². The molecule has 1 unspecified atom stereocenters. The summed E-state index contributed by atoms with van der Waals surface area (Å²) >= 11 is 0. The maximum absolute atomic E-state index is 13.6. The Morgan fingerprint density at radius 1 is 0.744 bits per heavy atom. The van der Waals surface area contributed by atoms with E-state index in [1.54, 1.807) is 0 Å². The third-order valence-electron chi connectivity index (χ3n) is 13.9. The number of carbonyl (C=O) groups excluding carboxylic acids is 2. The average Bonchev–Trinajstić information content (AvgIpc) is 3.40. The molecule has 43 heavy (non-hydrogen) atoms. The SMILES string of the molecule is CC1(C)OB(C(=CC(=O)O[C@H]2CC[C@@]3(C)C(CC[C@@H]4[C@@H]3CC[C@]3(C)C(=O)CC[C@@H]43)C2)B2OC(C)(C)C(C)(C)O2)OC1(C)C. The van der Waals surface area contributed by atoms with Crippen molar-refractivity contribution in [2.75, 3.05) is 0 Å². The Kier molecular flexibility index (Phi) is 7.53. The number of ketones is 1. The minimum absolute atomic E-state index is 0.0878. The molecular formula is C34H54B2O7. The molecule has 0 aromatic carbocycles. The summed E-state index contributed by atoms with van der Waals surface area (Å²) in [6.07, 6.45) is 10.7. The molecule has 4 saturated carbocycles. The van der Waals surface area contributed by atoms with E-state index >= 15 is 0 Å². The summed E-state index contributed by atoms with van der Waals surface area (Å²) in [5.74, 6) is 2.55. The van der Waals surface area contributed by atoms with Crippen LogP contribution in [-0.4, -0.2) is 54.5 Å². The lowest BCUT2D eigenvalue weighted by Gasteiger charge is -2.60. The smallest absolute Gasteiger partial charge is 0.459 e. The lowest BCUT2D eigenvalue weighted by atomic mass is 9.45. The Labute approximate surface area is 260 Å². The number of hydrogen-bond donors (Lipinski definition) is 0. The Bertz CT molecular complexity index is 1120. The predicted octanol–water partition coefficient (Wildman–Crippen LogP) is 6.70. The molecule has 0 aromatic heterocycles. The van der Waals surface area contributed by atoms with Gasteiger partial charge in [-0.1, -0.05) is 13.8 Å². The highest BCUT2D eigenvalue weighted by atomic mass is 16.7. The number of Topliss-reactive ketones (excluding diaryl/α,β-unsaturated/α-hetero) is 1. The summed E-state index contributed by atoms with van der Waals surface area (Å²) in [6, 6.07) is 0. The van der Waals surface area contributed by atoms with Crippen LogP contribution in [0.1, 0.15) is 127 Å². The molecule has 6 aliphatic rings. The van der Waals surface area contributed by atoms with E-state index in [4.69, 9.17) is 23.4 Å². The van der Waals surface area contributed by atoms with E-state index in [9.17, 15) is 9.59 Å². The van der Waals surface area contributed by atoms with Gasteiger partial charge in [-0.3, -0.25) is 4.79 Å². The van der Waals surface area contributed by atoms with E-state index in [-0.39, 0.29) is 22.9 Å². The van der Waals surface area contributed by atoms with Crippen LogP contribution in [0.4, 0.5) is 0 Å². The van der Waals surface area contributed by atoms with Gasteiger partial charge in [-0.15, -0.1) is 0 Å². The van der Waals surface area contributed by atoms with Crippen molar-refractivity contribution < 1.29 is 32.9 Å². The lowest BCUT2D eigenvalue weighted by molar-refractivity contribution is -0.157. The zero-order chi connectivity index (χ0) is 31.4. The molecule has 238 valence electrons. The molecule has 0 radical (unpaired) electrons. The monoisotopic (exact) mass is 596 g/mol. The van der Waals surface area contributed by atoms with Crippen molar-refractivity contribution in [1.29, 1.82) is 0 Å². The number of carbonyl (C=O) groups is 2. The van der Waals surface area contributed by atoms with E-state index in [0.29, 0.717) is 34.8 Å². The van der Waals surface area contributed by atoms with Crippen LogP contribution in [0.25, 0.3) is 0 Å². The third kappa shape index (κ3) is 5.02. The number of rotatable bonds is 4. The largest absolute Gasteiger partial charge is 0.486 e. The van der Waals surface area contributed by atoms with E-state index in [1.165, 1.54) is 12.5 Å². The second-order valence-corrected chi connectivity index (χ2v) is 17.2. The van der Waals surface area contributed by atoms with Gasteiger partial charge in [-0.2, -0.15) is 0 Å². The van der Waals surface area contributed by atoms with Crippen LogP contribution in [0.3, 0.4) is 0 Å². The van der Waals surface area contributed by atoms with Gasteiger partial charge in [0.15, 0.2) is 0 Å². The third-order valence-corrected chi connectivity index (χ3v) is 13.9. The van der Waals surface area contributed by atoms with Crippen molar-refractivity contribution >= 4 is 26.0 Å². The molecule has 6 rings (SSSR count). The predicted molar refractivity (Wildman–Crippen MR) is 167 cm³/mol. The number of ether oxygens (including phenoxy) is 1. The minimum Gasteiger partial charge on any atom is -0.459 e. The molecule has 2 aliphatic heterocycles. The van der Waals surface area contributed by atoms with Gasteiger partial charge in [0.25, 0.3) is 0 Å². The average molecular weight is 596 g/mol. The van der Waals surface area contributed by atoms with Crippen molar-refractivity contribution in [3.63, 3.8) is 0 Å². The van der Waals surface area contributed by atoms with E-state index < -0.39 is 36.6 Å². The summed E-state index contributed by atoms with van der Waals surface area (Å²) in [4.78, 5) is 26.4. The molecule has 9 heteroatoms. The summed E-state index contributed by atoms with van der Waals surface area (Å²) < 4.78 is 31.7. The molecule has 2 heterocycles. The standard InChI is InChI=1S/C34H54B2O7/c1-29(2)30(3,4)41-35(40-29)27(36-42-31(5,6)32(7,8)43-36)20-28(38)39-22-15-17-33(9)21(19-22)11-12-23-24-13-14-26(37)34(24,10)18-16-25(23)33/h20-25H,11-19H2,1-10H3/t21?,22-,23-,24-,25-,33-,34-/m0/s1. The molecule has 0 amide bonds. The summed E-state index contributed by atoms with van der Waals surface area (Å²) in [6.45, 7) is 20.7. The maximum atomic E-state index is 13.6. The summed E-state index contributed by atoms with van der Waals surface area (Å²) in [5.41, 5.74) is -2.11. The maximum Gasteiger partial charge on any atom is 0.486 e. The van der Waals surface area contributed by atoms with Crippen molar-refractivity contribution in [3.05, 3.63) is 11.4 Å². The highest BCUT2D eigenvalue weighted by Gasteiger charge is 2.62. The Hall–Kier alpha value is -1.15. The summed E-state index contributed by atoms with van der Waals surface area (Å²) in [7, 11) is -1.56. The molecule has 6 fully saturated rings. The van der Waals surface area contributed by atoms with Crippen LogP contribution >= 0.6 is 0 Å². The van der Waals surface area contributed by atoms with Crippen molar-refractivity contribution in [2.45, 2.75) is 156 Å². The molecule has 0 aromatic rings. The lowest BCUT2D eigenvalue weighted by Crippen LogP contribution is -2.54. The fourth-order valence-corrected chi connectivity index (χ4v) is 9.64. The first-order valence-electron chi connectivity index (χ1n) is 17.0. The fourth-order valence-electron chi connectivity index (χ4n) is 9.64. The number of esters is 1. The van der Waals surface area contributed by atoms with Gasteiger partial charge in [0.05, 0.1) is 22.4 Å². The van der Waals surface area contributed by atoms with Crippen LogP contribution in [0.5, 0.6) is 0 Å². The molecule has 2 saturated heterocycles. The second kappa shape index (κ2) is 10.2. The normalized spacial score (nSPS) is 42.2. The highest BCUT2D eigenvalue weighted by molar-refractivity contribution is 6.78. The van der Waals surface area contributed by atoms with Crippen LogP contribution in [0, 0.1) is 34.5 Å². The first-order chi connectivity index (χ1) is 19.8. The van der Waals surface area contributed by atoms with Crippen molar-refractivity contribution in [3.8, 4) is 0 Å². The van der Waals surface area contributed by atoms with Crippen LogP contribution in [0.15, 0.2) is 11.4 Å². The highest BCUT2D eigenvalue weighted by Crippen LogP contribution is 2.65. The van der Waals surface area contributed by atoms with Gasteiger partial charge >= 0.3 is 20.2 Å². The Morgan fingerprint density at radius 2 is 1.30 bits per heavy atom. The first kappa shape index (κ1) is 31.8. The molecule has 0 spiro atoms. The Morgan fingerprint density at radius 3 is 1.86 bits per heavy atom. The minimum atomic E-state index is -0.781. The quantitative estimate of drug-likeness (QED) is 0.203. The van der Waals surface area contributed by atoms with Crippen molar-refractivity contribution in [1.82, 2.24) is 0 Å². The summed E-state index contributed by atoms with van der Waals surface area (Å²) in [5, 5.41) is 0.514. The van der Waals surface area contributed by atoms with E-state index in [0.717, 1.165) is 51.4 Å². The van der Waals surface area contributed by atoms with Crippen LogP contribution in [-0.2, 0) is 32.9 Å². The van der Waals surface area contributed by atoms with Gasteiger partial charge in [-0.25, -0.2) is 4.79 Å². The van der Waals surface area contributed by atoms with Gasteiger partial charge in [0.2, 0.25) is 0 Å². The van der Waals surface area contributed by atoms with Crippen LogP contribution < -0.4 is 0 Å². The topological polar surface area (TPSA) is 80.3 Å². The van der Waals surface area contributed by atoms with E-state index in [1.807, 2.05) is 55.4 Å². The van der Waals surface area contributed by atoms with Gasteiger partial charge < -0.3 is 23.4 Å². The number of hydrogen-bond acceptors (Lipinski definition) is 7. The number of fused-ring (bicyclic) bond motifs is 5. The van der Waals surface area contributed by atoms with Gasteiger partial charge in [0.1, 0.15) is 11.9 Å². The molecule has 0 N–H and O–H groups in total. The molecule has 7 nitrogen and oxygen atoms in total. The molecular weight excluding hydrogens is 542 g/mol.